The fraction of sp³-hybridized carbons (Fsp3) is 1.00. The van der Waals surface area contributed by atoms with Gasteiger partial charge in [-0.15, -0.1) is 9.05 Å². The van der Waals surface area contributed by atoms with Crippen LogP contribution in [-0.4, -0.2) is 14.2 Å². The van der Waals surface area contributed by atoms with Crippen LogP contribution in [0.1, 0.15) is 2.85 Å². The maximum absolute atomic E-state index is 9.88. The van der Waals surface area contributed by atoms with Gasteiger partial charge in [0, 0.05) is 4.57 Å². The minimum absolute atomic E-state index is 0. The second-order valence-electron chi connectivity index (χ2n) is 0.589. The Kier molecular flexibility index (Phi) is 10.2. The molecule has 48 valence electrons. The van der Waals surface area contributed by atoms with Crippen molar-refractivity contribution in [2.24, 2.45) is 0 Å². The Morgan fingerprint density at radius 2 is 1.71 bits per heavy atom. The molecule has 0 saturated heterocycles. The molecule has 0 aliphatic rings. The first-order valence-electron chi connectivity index (χ1n) is 1.36. The van der Waals surface area contributed by atoms with E-state index in [4.69, 9.17) is 0 Å². The van der Waals surface area contributed by atoms with Crippen molar-refractivity contribution >= 4 is 8.25 Å². The zero-order valence-electron chi connectivity index (χ0n) is 5.99. The topological polar surface area (TPSA) is 35.5 Å². The van der Waals surface area contributed by atoms with Crippen LogP contribution in [0.4, 0.5) is 0 Å². The second-order valence-corrected chi connectivity index (χ2v) is 1.77. The molecule has 0 aromatic carbocycles. The van der Waals surface area contributed by atoms with Crippen molar-refractivity contribution in [3.63, 3.8) is 0 Å². The van der Waals surface area contributed by atoms with Crippen molar-refractivity contribution < 1.29 is 37.5 Å². The van der Waals surface area contributed by atoms with Gasteiger partial charge in [0.25, 0.3) is 0 Å². The van der Waals surface area contributed by atoms with Gasteiger partial charge in [-0.2, -0.15) is 0 Å². The molecule has 0 unspecified atom stereocenters. The van der Waals surface area contributed by atoms with Gasteiger partial charge in [-0.05, 0) is 0 Å². The number of hydrogen-bond acceptors (Lipinski definition) is 3. The molecule has 0 spiro atoms. The van der Waals surface area contributed by atoms with E-state index in [0.29, 0.717) is 0 Å². The van der Waals surface area contributed by atoms with E-state index >= 15 is 0 Å². The van der Waals surface area contributed by atoms with Crippen LogP contribution in [-0.2, 0) is 34.7 Å². The van der Waals surface area contributed by atoms with E-state index in [1.165, 1.54) is 14.2 Å². The largest absolute Gasteiger partial charge is 2.00 e. The van der Waals surface area contributed by atoms with Crippen LogP contribution >= 0.6 is 8.25 Å². The summed E-state index contributed by atoms with van der Waals surface area (Å²) in [5.74, 6) is 0. The zero-order chi connectivity index (χ0) is 4.99. The Balaban J connectivity index is -0.0000000417. The fourth-order valence-corrected chi connectivity index (χ4v) is 0.224. The molecule has 0 amide bonds. The van der Waals surface area contributed by atoms with Gasteiger partial charge in [-0.3, -0.25) is 0 Å². The quantitative estimate of drug-likeness (QED) is 0.718. The Morgan fingerprint density at radius 1 is 1.43 bits per heavy atom. The number of hydrogen-bond donors (Lipinski definition) is 0. The second kappa shape index (κ2) is 6.71. The van der Waals surface area contributed by atoms with Gasteiger partial charge in [0.05, 0.1) is 14.2 Å². The summed E-state index contributed by atoms with van der Waals surface area (Å²) < 4.78 is 18.3. The third-order valence-electron chi connectivity index (χ3n) is 0.298. The SMILES string of the molecule is CO[P+](=O)OC.[H-].[H-].[Pt+2]. The predicted molar refractivity (Wildman–Crippen MR) is 23.8 cm³/mol. The minimum Gasteiger partial charge on any atom is -1.00 e. The van der Waals surface area contributed by atoms with Gasteiger partial charge in [-0.25, -0.2) is 0 Å². The minimum atomic E-state index is -1.83. The summed E-state index contributed by atoms with van der Waals surface area (Å²) >= 11 is 0. The van der Waals surface area contributed by atoms with Crippen molar-refractivity contribution in [2.75, 3.05) is 14.2 Å². The molecular weight excluding hydrogens is 298 g/mol. The van der Waals surface area contributed by atoms with Crippen LogP contribution in [0.5, 0.6) is 0 Å². The Labute approximate surface area is 60.6 Å². The molecule has 0 N–H and O–H groups in total. The van der Waals surface area contributed by atoms with Crippen LogP contribution in [0, 0.1) is 0 Å². The summed E-state index contributed by atoms with van der Waals surface area (Å²) in [7, 11) is 0.817. The smallest absolute Gasteiger partial charge is 1.00 e. The maximum Gasteiger partial charge on any atom is 2.00 e. The molecule has 0 heterocycles. The third-order valence-corrected chi connectivity index (χ3v) is 0.894. The summed E-state index contributed by atoms with van der Waals surface area (Å²) in [4.78, 5) is 0. The molecule has 3 nitrogen and oxygen atoms in total. The molecule has 0 aliphatic carbocycles. The molecule has 0 saturated carbocycles. The van der Waals surface area contributed by atoms with Crippen LogP contribution < -0.4 is 0 Å². The van der Waals surface area contributed by atoms with Crippen molar-refractivity contribution in [3.05, 3.63) is 0 Å². The van der Waals surface area contributed by atoms with E-state index in [9.17, 15) is 4.57 Å². The number of rotatable bonds is 2. The van der Waals surface area contributed by atoms with E-state index in [-0.39, 0.29) is 23.9 Å². The molecule has 0 bridgehead atoms. The Morgan fingerprint density at radius 3 is 1.71 bits per heavy atom. The zero-order valence-corrected chi connectivity index (χ0v) is 7.15. The van der Waals surface area contributed by atoms with Crippen molar-refractivity contribution in [2.45, 2.75) is 0 Å². The molecule has 0 aromatic rings. The molecule has 0 fully saturated rings. The van der Waals surface area contributed by atoms with Gasteiger partial charge in [0.15, 0.2) is 0 Å². The van der Waals surface area contributed by atoms with Crippen LogP contribution in [0.15, 0.2) is 0 Å². The average Bonchev–Trinajstić information content (AvgIpc) is 1.65. The Bertz CT molecular complexity index is 57.8. The van der Waals surface area contributed by atoms with Crippen molar-refractivity contribution in [1.29, 1.82) is 0 Å². The van der Waals surface area contributed by atoms with E-state index < -0.39 is 8.25 Å². The third kappa shape index (κ3) is 6.71. The molecule has 7 heavy (non-hydrogen) atoms. The van der Waals surface area contributed by atoms with E-state index in [2.05, 4.69) is 9.05 Å². The summed E-state index contributed by atoms with van der Waals surface area (Å²) in [6, 6.07) is 0. The molecule has 0 radical (unpaired) electrons. The normalized spacial score (nSPS) is 7.14. The summed E-state index contributed by atoms with van der Waals surface area (Å²) in [6.07, 6.45) is 0. The van der Waals surface area contributed by atoms with Crippen LogP contribution in [0.25, 0.3) is 0 Å². The first-order chi connectivity index (χ1) is 2.81. The van der Waals surface area contributed by atoms with Gasteiger partial charge < -0.3 is 2.85 Å². The fourth-order valence-electron chi connectivity index (χ4n) is 0.0745. The molecule has 0 aliphatic heterocycles. The van der Waals surface area contributed by atoms with Gasteiger partial charge >= 0.3 is 29.3 Å². The van der Waals surface area contributed by atoms with Gasteiger partial charge in [0.1, 0.15) is 0 Å². The summed E-state index contributed by atoms with van der Waals surface area (Å²) in [6.45, 7) is 0. The molecule has 0 atom stereocenters. The maximum atomic E-state index is 9.88. The molecule has 0 rings (SSSR count). The Hall–Kier alpha value is 0.708. The van der Waals surface area contributed by atoms with Crippen molar-refractivity contribution in [3.8, 4) is 0 Å². The van der Waals surface area contributed by atoms with E-state index in [0.717, 1.165) is 0 Å². The monoisotopic (exact) mass is 306 g/mol. The molecular formula is C2H8O3PPt+. The molecule has 5 heteroatoms. The van der Waals surface area contributed by atoms with Crippen LogP contribution in [0.2, 0.25) is 0 Å². The van der Waals surface area contributed by atoms with Crippen molar-refractivity contribution in [1.82, 2.24) is 0 Å². The first kappa shape index (κ1) is 10.6. The first-order valence-corrected chi connectivity index (χ1v) is 2.46. The average molecular weight is 306 g/mol. The van der Waals surface area contributed by atoms with E-state index in [1.807, 2.05) is 0 Å². The van der Waals surface area contributed by atoms with Gasteiger partial charge in [0.2, 0.25) is 0 Å². The van der Waals surface area contributed by atoms with Crippen LogP contribution in [0.3, 0.4) is 0 Å². The predicted octanol–water partition coefficient (Wildman–Crippen LogP) is 1.16. The molecule has 0 aromatic heterocycles. The summed E-state index contributed by atoms with van der Waals surface area (Å²) in [5, 5.41) is 0. The van der Waals surface area contributed by atoms with E-state index in [1.54, 1.807) is 0 Å². The standard InChI is InChI=1S/C2H6O3P.Pt.2H/c1-4-6(3)5-2;;;/h1-2H3;;;/q+1;+2;2*-1. The van der Waals surface area contributed by atoms with Gasteiger partial charge in [-0.1, -0.05) is 0 Å². The summed E-state index contributed by atoms with van der Waals surface area (Å²) in [5.41, 5.74) is 0.